The maximum atomic E-state index is 12.8. The van der Waals surface area contributed by atoms with Gasteiger partial charge in [0.2, 0.25) is 10.0 Å². The predicted octanol–water partition coefficient (Wildman–Crippen LogP) is 3.25. The first-order chi connectivity index (χ1) is 16.4. The molecule has 3 rings (SSSR count). The zero-order valence-corrected chi connectivity index (χ0v) is 19.9. The summed E-state index contributed by atoms with van der Waals surface area (Å²) in [5.74, 6) is 1.16. The van der Waals surface area contributed by atoms with Gasteiger partial charge in [-0.15, -0.1) is 0 Å². The van der Waals surface area contributed by atoms with Gasteiger partial charge in [0.1, 0.15) is 5.69 Å². The number of benzene rings is 2. The van der Waals surface area contributed by atoms with E-state index in [4.69, 9.17) is 14.2 Å². The molecule has 0 bridgehead atoms. The largest absolute Gasteiger partial charge is 0.493 e. The number of unbranched alkanes of at least 4 members (excludes halogenated alkanes) is 1. The Kier molecular flexibility index (Phi) is 8.79. The molecule has 2 aromatic carbocycles. The molecule has 2 aromatic rings. The van der Waals surface area contributed by atoms with Crippen molar-refractivity contribution in [2.24, 2.45) is 5.10 Å². The van der Waals surface area contributed by atoms with E-state index in [1.165, 1.54) is 29.8 Å². The lowest BCUT2D eigenvalue weighted by atomic mass is 10.2. The number of anilines is 1. The van der Waals surface area contributed by atoms with Gasteiger partial charge in [-0.25, -0.2) is 8.42 Å². The topological polar surface area (TPSA) is 133 Å². The normalized spacial score (nSPS) is 14.8. The average Bonchev–Trinajstić information content (AvgIpc) is 2.85. The lowest BCUT2D eigenvalue weighted by Crippen LogP contribution is -2.40. The van der Waals surface area contributed by atoms with Crippen LogP contribution in [-0.2, 0) is 14.8 Å². The summed E-state index contributed by atoms with van der Waals surface area (Å²) < 4.78 is 43.1. The van der Waals surface area contributed by atoms with Gasteiger partial charge < -0.3 is 14.2 Å². The molecule has 0 atom stereocenters. The number of nitrogens with zero attached hydrogens (tertiary/aromatic N) is 3. The van der Waals surface area contributed by atoms with E-state index in [0.29, 0.717) is 23.7 Å². The number of hydrogen-bond donors (Lipinski definition) is 1. The van der Waals surface area contributed by atoms with E-state index in [0.717, 1.165) is 18.9 Å². The van der Waals surface area contributed by atoms with Crippen molar-refractivity contribution in [3.8, 4) is 11.5 Å². The quantitative estimate of drug-likeness (QED) is 0.219. The van der Waals surface area contributed by atoms with E-state index in [1.807, 2.05) is 0 Å². The van der Waals surface area contributed by atoms with Crippen LogP contribution in [0.3, 0.4) is 0 Å². The van der Waals surface area contributed by atoms with E-state index in [-0.39, 0.29) is 36.9 Å². The molecule has 1 fully saturated rings. The lowest BCUT2D eigenvalue weighted by molar-refractivity contribution is -0.384. The zero-order chi connectivity index (χ0) is 24.6. The van der Waals surface area contributed by atoms with Gasteiger partial charge in [0, 0.05) is 19.2 Å². The van der Waals surface area contributed by atoms with Crippen molar-refractivity contribution in [3.63, 3.8) is 0 Å². The summed E-state index contributed by atoms with van der Waals surface area (Å²) in [6, 6.07) is 8.97. The fraction of sp³-hybridized carbons (Fsp3) is 0.409. The minimum atomic E-state index is -3.86. The van der Waals surface area contributed by atoms with E-state index in [2.05, 4.69) is 17.5 Å². The van der Waals surface area contributed by atoms with Crippen LogP contribution in [0, 0.1) is 10.1 Å². The van der Waals surface area contributed by atoms with Crippen LogP contribution in [0.1, 0.15) is 25.3 Å². The Labute approximate surface area is 198 Å². The minimum Gasteiger partial charge on any atom is -0.493 e. The molecule has 0 radical (unpaired) electrons. The highest BCUT2D eigenvalue weighted by Gasteiger charge is 2.28. The third-order valence-electron chi connectivity index (χ3n) is 5.12. The Balaban J connectivity index is 1.76. The summed E-state index contributed by atoms with van der Waals surface area (Å²) in [7, 11) is -2.32. The summed E-state index contributed by atoms with van der Waals surface area (Å²) >= 11 is 0. The van der Waals surface area contributed by atoms with Crippen molar-refractivity contribution < 1.29 is 27.6 Å². The molecule has 1 N–H and O–H groups in total. The standard InChI is InChI=1S/C22H28N4O7S/c1-3-4-11-33-21-8-5-17(14-22(21)31-2)16-23-24-19-7-6-18(15-20(19)26(27)28)34(29,30)25-9-12-32-13-10-25/h5-8,14-16,24H,3-4,9-13H2,1-2H3/b23-16+. The molecular formula is C22H28N4O7S. The van der Waals surface area contributed by atoms with Crippen molar-refractivity contribution >= 4 is 27.6 Å². The fourth-order valence-corrected chi connectivity index (χ4v) is 4.67. The number of hydrazone groups is 1. The highest BCUT2D eigenvalue weighted by atomic mass is 32.2. The van der Waals surface area contributed by atoms with Crippen LogP contribution in [0.25, 0.3) is 0 Å². The van der Waals surface area contributed by atoms with Crippen molar-refractivity contribution in [2.45, 2.75) is 24.7 Å². The van der Waals surface area contributed by atoms with Crippen LogP contribution < -0.4 is 14.9 Å². The molecule has 0 saturated carbocycles. The third kappa shape index (κ3) is 6.22. The molecule has 0 unspecified atom stereocenters. The number of nitro groups is 1. The van der Waals surface area contributed by atoms with Gasteiger partial charge in [-0.05, 0) is 42.3 Å². The highest BCUT2D eigenvalue weighted by Crippen LogP contribution is 2.30. The summed E-state index contributed by atoms with van der Waals surface area (Å²) in [6.45, 7) is 3.63. The third-order valence-corrected chi connectivity index (χ3v) is 7.01. The van der Waals surface area contributed by atoms with Gasteiger partial charge in [0.05, 0.1) is 43.0 Å². The first kappa shape index (κ1) is 25.4. The van der Waals surface area contributed by atoms with Gasteiger partial charge in [-0.3, -0.25) is 15.5 Å². The maximum absolute atomic E-state index is 12.8. The molecule has 184 valence electrons. The Morgan fingerprint density at radius 1 is 1.21 bits per heavy atom. The van der Waals surface area contributed by atoms with Gasteiger partial charge >= 0.3 is 0 Å². The van der Waals surface area contributed by atoms with Crippen LogP contribution in [0.15, 0.2) is 46.4 Å². The number of hydrogen-bond acceptors (Lipinski definition) is 9. The van der Waals surface area contributed by atoms with Gasteiger partial charge in [0.25, 0.3) is 5.69 Å². The Morgan fingerprint density at radius 2 is 1.97 bits per heavy atom. The van der Waals surface area contributed by atoms with E-state index in [9.17, 15) is 18.5 Å². The number of nitro benzene ring substituents is 1. The monoisotopic (exact) mass is 492 g/mol. The molecule has 0 aliphatic carbocycles. The van der Waals surface area contributed by atoms with Crippen LogP contribution in [-0.4, -0.2) is 63.9 Å². The molecule has 0 spiro atoms. The van der Waals surface area contributed by atoms with Crippen LogP contribution in [0.2, 0.25) is 0 Å². The fourth-order valence-electron chi connectivity index (χ4n) is 3.24. The van der Waals surface area contributed by atoms with Gasteiger partial charge in [-0.1, -0.05) is 13.3 Å². The highest BCUT2D eigenvalue weighted by molar-refractivity contribution is 7.89. The zero-order valence-electron chi connectivity index (χ0n) is 19.1. The average molecular weight is 493 g/mol. The lowest BCUT2D eigenvalue weighted by Gasteiger charge is -2.26. The molecule has 0 aromatic heterocycles. The molecule has 1 saturated heterocycles. The number of rotatable bonds is 11. The van der Waals surface area contributed by atoms with Crippen molar-refractivity contribution in [1.82, 2.24) is 4.31 Å². The molecule has 1 heterocycles. The van der Waals surface area contributed by atoms with Gasteiger partial charge in [0.15, 0.2) is 11.5 Å². The first-order valence-corrected chi connectivity index (χ1v) is 12.3. The number of ether oxygens (including phenoxy) is 3. The molecule has 1 aliphatic heterocycles. The first-order valence-electron chi connectivity index (χ1n) is 10.8. The smallest absolute Gasteiger partial charge is 0.295 e. The molecule has 34 heavy (non-hydrogen) atoms. The summed E-state index contributed by atoms with van der Waals surface area (Å²) in [6.07, 6.45) is 3.42. The van der Waals surface area contributed by atoms with Crippen LogP contribution in [0.5, 0.6) is 11.5 Å². The second-order valence-electron chi connectivity index (χ2n) is 7.43. The van der Waals surface area contributed by atoms with Crippen molar-refractivity contribution in [2.75, 3.05) is 45.4 Å². The predicted molar refractivity (Wildman–Crippen MR) is 127 cm³/mol. The number of methoxy groups -OCH3 is 1. The van der Waals surface area contributed by atoms with Crippen LogP contribution in [0.4, 0.5) is 11.4 Å². The summed E-state index contributed by atoms with van der Waals surface area (Å²) in [4.78, 5) is 10.8. The second kappa shape index (κ2) is 11.8. The Morgan fingerprint density at radius 3 is 2.65 bits per heavy atom. The number of sulfonamides is 1. The molecular weight excluding hydrogens is 464 g/mol. The maximum Gasteiger partial charge on any atom is 0.295 e. The van der Waals surface area contributed by atoms with E-state index < -0.39 is 20.6 Å². The van der Waals surface area contributed by atoms with E-state index in [1.54, 1.807) is 18.2 Å². The Bertz CT molecular complexity index is 1130. The van der Waals surface area contributed by atoms with Crippen molar-refractivity contribution in [3.05, 3.63) is 52.1 Å². The van der Waals surface area contributed by atoms with Gasteiger partial charge in [-0.2, -0.15) is 9.41 Å². The minimum absolute atomic E-state index is 0.0636. The van der Waals surface area contributed by atoms with Crippen molar-refractivity contribution in [1.29, 1.82) is 0 Å². The van der Waals surface area contributed by atoms with Crippen LogP contribution >= 0.6 is 0 Å². The molecule has 0 amide bonds. The second-order valence-corrected chi connectivity index (χ2v) is 9.37. The SMILES string of the molecule is CCCCOc1ccc(/C=N/Nc2ccc(S(=O)(=O)N3CCOCC3)cc2[N+](=O)[O-])cc1OC. The molecule has 12 heteroatoms. The molecule has 1 aliphatic rings. The Hall–Kier alpha value is -3.22. The number of morpholine rings is 1. The van der Waals surface area contributed by atoms with E-state index >= 15 is 0 Å². The molecule has 11 nitrogen and oxygen atoms in total. The summed E-state index contributed by atoms with van der Waals surface area (Å²) in [5, 5.41) is 15.7. The summed E-state index contributed by atoms with van der Waals surface area (Å²) in [5.41, 5.74) is 2.97. The number of nitrogens with one attached hydrogen (secondary N) is 1.